The van der Waals surface area contributed by atoms with Gasteiger partial charge in [0.1, 0.15) is 0 Å². The fourth-order valence-corrected chi connectivity index (χ4v) is 1.05. The molecule has 0 unspecified atom stereocenters. The Balaban J connectivity index is 3.80. The minimum absolute atomic E-state index is 0.559. The normalized spacial score (nSPS) is 12.8. The molecular formula is C7H18N2O2S. The first-order valence-corrected chi connectivity index (χ1v) is 5.82. The van der Waals surface area contributed by atoms with Crippen molar-refractivity contribution in [3.63, 3.8) is 0 Å². The molecule has 0 aliphatic rings. The predicted octanol–water partition coefficient (Wildman–Crippen LogP) is -0.170. The Labute approximate surface area is 75.2 Å². The minimum Gasteiger partial charge on any atom is -0.305 e. The van der Waals surface area contributed by atoms with Crippen molar-refractivity contribution >= 4 is 10.0 Å². The maximum absolute atomic E-state index is 10.9. The summed E-state index contributed by atoms with van der Waals surface area (Å²) in [6.07, 6.45) is 1.22. The summed E-state index contributed by atoms with van der Waals surface area (Å²) in [4.78, 5) is 2.07. The van der Waals surface area contributed by atoms with E-state index >= 15 is 0 Å². The lowest BCUT2D eigenvalue weighted by molar-refractivity contribution is 0.321. The van der Waals surface area contributed by atoms with Gasteiger partial charge < -0.3 is 4.90 Å². The molecule has 0 rings (SSSR count). The molecule has 0 radical (unpaired) electrons. The average Bonchev–Trinajstić information content (AvgIpc) is 1.97. The molecule has 0 aromatic rings. The molecule has 0 aliphatic carbocycles. The molecule has 0 saturated carbocycles. The second-order valence-electron chi connectivity index (χ2n) is 2.98. The van der Waals surface area contributed by atoms with Gasteiger partial charge in [-0.25, -0.2) is 12.7 Å². The number of nitrogens with zero attached hydrogens (tertiary/aromatic N) is 2. The number of hydrogen-bond acceptors (Lipinski definition) is 3. The monoisotopic (exact) mass is 194 g/mol. The largest absolute Gasteiger partial charge is 0.305 e. The number of likely N-dealkylation sites (N-methyl/N-ethyl adjacent to an activating group) is 2. The molecule has 0 bridgehead atoms. The first-order valence-electron chi connectivity index (χ1n) is 3.97. The van der Waals surface area contributed by atoms with Gasteiger partial charge in [0.05, 0.1) is 6.26 Å². The first kappa shape index (κ1) is 11.9. The van der Waals surface area contributed by atoms with E-state index in [2.05, 4.69) is 4.90 Å². The van der Waals surface area contributed by atoms with Gasteiger partial charge >= 0.3 is 0 Å². The summed E-state index contributed by atoms with van der Waals surface area (Å²) in [5.41, 5.74) is 0. The van der Waals surface area contributed by atoms with Crippen LogP contribution >= 0.6 is 0 Å². The Morgan fingerprint density at radius 2 is 1.67 bits per heavy atom. The van der Waals surface area contributed by atoms with E-state index in [1.54, 1.807) is 7.05 Å². The molecule has 74 valence electrons. The molecule has 0 N–H and O–H groups in total. The third kappa shape index (κ3) is 4.69. The van der Waals surface area contributed by atoms with Crippen LogP contribution in [-0.2, 0) is 10.0 Å². The minimum atomic E-state index is -3.00. The number of hydrogen-bond donors (Lipinski definition) is 0. The average molecular weight is 194 g/mol. The van der Waals surface area contributed by atoms with Crippen molar-refractivity contribution in [1.29, 1.82) is 0 Å². The third-order valence-corrected chi connectivity index (χ3v) is 3.22. The van der Waals surface area contributed by atoms with Crippen molar-refractivity contribution in [1.82, 2.24) is 9.21 Å². The van der Waals surface area contributed by atoms with Crippen LogP contribution in [0.2, 0.25) is 0 Å². The van der Waals surface area contributed by atoms with Crippen molar-refractivity contribution in [2.45, 2.75) is 6.92 Å². The summed E-state index contributed by atoms with van der Waals surface area (Å²) >= 11 is 0. The molecule has 0 aromatic heterocycles. The van der Waals surface area contributed by atoms with Crippen LogP contribution in [-0.4, -0.2) is 57.6 Å². The first-order chi connectivity index (χ1) is 5.38. The predicted molar refractivity (Wildman–Crippen MR) is 50.6 cm³/mol. The van der Waals surface area contributed by atoms with E-state index in [1.807, 2.05) is 14.0 Å². The van der Waals surface area contributed by atoms with Crippen LogP contribution in [0.5, 0.6) is 0 Å². The van der Waals surface area contributed by atoms with Gasteiger partial charge in [-0.1, -0.05) is 6.92 Å². The molecule has 0 saturated heterocycles. The summed E-state index contributed by atoms with van der Waals surface area (Å²) in [6, 6.07) is 0. The van der Waals surface area contributed by atoms with Crippen molar-refractivity contribution in [3.05, 3.63) is 0 Å². The van der Waals surface area contributed by atoms with Crippen LogP contribution in [0.4, 0.5) is 0 Å². The fourth-order valence-electron chi connectivity index (χ4n) is 0.635. The molecule has 0 amide bonds. The Kier molecular flexibility index (Phi) is 4.74. The highest BCUT2D eigenvalue weighted by Crippen LogP contribution is 1.92. The van der Waals surface area contributed by atoms with Crippen molar-refractivity contribution in [2.24, 2.45) is 0 Å². The van der Waals surface area contributed by atoms with Gasteiger partial charge in [-0.15, -0.1) is 0 Å². The Bertz CT molecular complexity index is 213. The van der Waals surface area contributed by atoms with Crippen LogP contribution < -0.4 is 0 Å². The van der Waals surface area contributed by atoms with Crippen molar-refractivity contribution < 1.29 is 8.42 Å². The van der Waals surface area contributed by atoms with Crippen molar-refractivity contribution in [2.75, 3.05) is 40.0 Å². The van der Waals surface area contributed by atoms with E-state index in [0.29, 0.717) is 6.54 Å². The maximum Gasteiger partial charge on any atom is 0.210 e. The molecule has 0 aliphatic heterocycles. The fraction of sp³-hybridized carbons (Fsp3) is 1.00. The van der Waals surface area contributed by atoms with Crippen LogP contribution in [0.3, 0.4) is 0 Å². The smallest absolute Gasteiger partial charge is 0.210 e. The molecule has 0 fully saturated rings. The summed E-state index contributed by atoms with van der Waals surface area (Å²) in [6.45, 7) is 4.32. The maximum atomic E-state index is 10.9. The van der Waals surface area contributed by atoms with E-state index in [-0.39, 0.29) is 0 Å². The summed E-state index contributed by atoms with van der Waals surface area (Å²) in [5.74, 6) is 0. The van der Waals surface area contributed by atoms with Gasteiger partial charge in [-0.2, -0.15) is 0 Å². The van der Waals surface area contributed by atoms with Crippen LogP contribution in [0, 0.1) is 0 Å². The van der Waals surface area contributed by atoms with Crippen LogP contribution in [0.1, 0.15) is 6.92 Å². The van der Waals surface area contributed by atoms with Gasteiger partial charge in [0, 0.05) is 20.1 Å². The van der Waals surface area contributed by atoms with E-state index < -0.39 is 10.0 Å². The summed E-state index contributed by atoms with van der Waals surface area (Å²) < 4.78 is 23.2. The Hall–Kier alpha value is -0.130. The van der Waals surface area contributed by atoms with Gasteiger partial charge in [0.15, 0.2) is 0 Å². The molecule has 0 spiro atoms. The second-order valence-corrected chi connectivity index (χ2v) is 5.07. The lowest BCUT2D eigenvalue weighted by atomic mass is 10.5. The van der Waals surface area contributed by atoms with Gasteiger partial charge in [-0.3, -0.25) is 0 Å². The quantitative estimate of drug-likeness (QED) is 0.610. The zero-order chi connectivity index (χ0) is 9.78. The number of sulfonamides is 1. The number of rotatable bonds is 5. The second kappa shape index (κ2) is 4.79. The highest BCUT2D eigenvalue weighted by atomic mass is 32.2. The zero-order valence-electron chi connectivity index (χ0n) is 8.24. The van der Waals surface area contributed by atoms with Crippen molar-refractivity contribution in [3.8, 4) is 0 Å². The molecule has 0 atom stereocenters. The van der Waals surface area contributed by atoms with Gasteiger partial charge in [0.25, 0.3) is 0 Å². The molecule has 12 heavy (non-hydrogen) atoms. The lowest BCUT2D eigenvalue weighted by Crippen LogP contribution is -2.33. The van der Waals surface area contributed by atoms with E-state index in [1.165, 1.54) is 10.6 Å². The van der Waals surface area contributed by atoms with Gasteiger partial charge in [0.2, 0.25) is 10.0 Å². The van der Waals surface area contributed by atoms with E-state index in [9.17, 15) is 8.42 Å². The molecule has 0 heterocycles. The standard InChI is InChI=1S/C7H18N2O2S/c1-5-8(2)6-7-9(3)12(4,10)11/h5-7H2,1-4H3. The third-order valence-electron chi connectivity index (χ3n) is 1.90. The van der Waals surface area contributed by atoms with E-state index in [0.717, 1.165) is 13.1 Å². The Morgan fingerprint density at radius 3 is 2.00 bits per heavy atom. The molecule has 5 heteroatoms. The highest BCUT2D eigenvalue weighted by molar-refractivity contribution is 7.88. The van der Waals surface area contributed by atoms with E-state index in [4.69, 9.17) is 0 Å². The summed E-state index contributed by atoms with van der Waals surface area (Å²) in [7, 11) is 0.564. The van der Waals surface area contributed by atoms with Crippen LogP contribution in [0.25, 0.3) is 0 Å². The van der Waals surface area contributed by atoms with Crippen LogP contribution in [0.15, 0.2) is 0 Å². The lowest BCUT2D eigenvalue weighted by Gasteiger charge is -2.18. The zero-order valence-corrected chi connectivity index (χ0v) is 9.06. The molecule has 0 aromatic carbocycles. The SMILES string of the molecule is CCN(C)CCN(C)S(C)(=O)=O. The topological polar surface area (TPSA) is 40.6 Å². The Morgan fingerprint density at radius 1 is 1.17 bits per heavy atom. The molecular weight excluding hydrogens is 176 g/mol. The summed E-state index contributed by atoms with van der Waals surface area (Å²) in [5, 5.41) is 0. The van der Waals surface area contributed by atoms with Gasteiger partial charge in [-0.05, 0) is 13.6 Å². The molecule has 4 nitrogen and oxygen atoms in total. The highest BCUT2D eigenvalue weighted by Gasteiger charge is 2.10.